The molecule has 0 saturated heterocycles. The third-order valence-electron chi connectivity index (χ3n) is 2.59. The molecule has 2 nitrogen and oxygen atoms in total. The molecule has 1 aromatic carbocycles. The molecule has 0 aliphatic carbocycles. The van der Waals surface area contributed by atoms with Crippen LogP contribution in [0.15, 0.2) is 24.3 Å². The summed E-state index contributed by atoms with van der Waals surface area (Å²) in [5.41, 5.74) is 0.358. The number of hydrogen-bond acceptors (Lipinski definition) is 2. The summed E-state index contributed by atoms with van der Waals surface area (Å²) in [6, 6.07) is 6.68. The molecule has 3 heteroatoms. The number of alkyl halides is 1. The average Bonchev–Trinajstić information content (AvgIpc) is 2.50. The molecule has 0 spiro atoms. The number of Topliss-reactive ketones (excluding diaryl/α,β-unsaturated/α-hetero) is 1. The van der Waals surface area contributed by atoms with E-state index in [2.05, 4.69) is 0 Å². The molecule has 1 unspecified atom stereocenters. The molecular formula is C12H13FO2. The van der Waals surface area contributed by atoms with Crippen LogP contribution in [0.4, 0.5) is 4.39 Å². The largest absolute Gasteiger partial charge is 0.450 e. The van der Waals surface area contributed by atoms with E-state index in [4.69, 9.17) is 4.74 Å². The Labute approximate surface area is 88.1 Å². The van der Waals surface area contributed by atoms with Gasteiger partial charge in [0.2, 0.25) is 5.78 Å². The van der Waals surface area contributed by atoms with Gasteiger partial charge in [-0.2, -0.15) is 4.39 Å². The number of carbonyl (C=O) groups excluding carboxylic acids is 1. The van der Waals surface area contributed by atoms with E-state index in [-0.39, 0.29) is 6.42 Å². The third-order valence-corrected chi connectivity index (χ3v) is 2.59. The molecule has 2 rings (SSSR count). The Hall–Kier alpha value is -1.38. The fraction of sp³-hybridized carbons (Fsp3) is 0.417. The summed E-state index contributed by atoms with van der Waals surface area (Å²) in [7, 11) is 0. The minimum Gasteiger partial charge on any atom is -0.450 e. The van der Waals surface area contributed by atoms with Crippen LogP contribution in [0.2, 0.25) is 0 Å². The molecule has 80 valence electrons. The smallest absolute Gasteiger partial charge is 0.311 e. The number of halogens is 1. The molecule has 1 atom stereocenters. The van der Waals surface area contributed by atoms with Crippen LogP contribution in [0.25, 0.3) is 0 Å². The minimum absolute atomic E-state index is 0.136. The van der Waals surface area contributed by atoms with Gasteiger partial charge in [-0.3, -0.25) is 4.79 Å². The molecule has 0 N–H and O–H groups in total. The number of ether oxygens (including phenoxy) is 1. The van der Waals surface area contributed by atoms with E-state index in [0.29, 0.717) is 17.7 Å². The highest BCUT2D eigenvalue weighted by Gasteiger charge is 2.47. The molecule has 0 bridgehead atoms. The predicted molar refractivity (Wildman–Crippen MR) is 54.8 cm³/mol. The van der Waals surface area contributed by atoms with Gasteiger partial charge < -0.3 is 4.74 Å². The summed E-state index contributed by atoms with van der Waals surface area (Å²) in [4.78, 5) is 11.7. The monoisotopic (exact) mass is 208 g/mol. The molecule has 1 aliphatic rings. The molecule has 0 amide bonds. The topological polar surface area (TPSA) is 26.3 Å². The lowest BCUT2D eigenvalue weighted by Crippen LogP contribution is -2.34. The van der Waals surface area contributed by atoms with E-state index in [1.165, 1.54) is 0 Å². The van der Waals surface area contributed by atoms with Gasteiger partial charge in [0.25, 0.3) is 0 Å². The zero-order valence-electron chi connectivity index (χ0n) is 8.63. The average molecular weight is 208 g/mol. The molecular weight excluding hydrogens is 195 g/mol. The zero-order valence-corrected chi connectivity index (χ0v) is 8.63. The number of hydrogen-bond donors (Lipinski definition) is 0. The van der Waals surface area contributed by atoms with Crippen molar-refractivity contribution in [1.29, 1.82) is 0 Å². The Morgan fingerprint density at radius 1 is 1.40 bits per heavy atom. The summed E-state index contributed by atoms with van der Waals surface area (Å²) in [5, 5.41) is 0. The van der Waals surface area contributed by atoms with Crippen molar-refractivity contribution in [3.8, 4) is 5.75 Å². The quantitative estimate of drug-likeness (QED) is 0.762. The van der Waals surface area contributed by atoms with Crippen molar-refractivity contribution in [3.05, 3.63) is 29.8 Å². The van der Waals surface area contributed by atoms with Gasteiger partial charge >= 0.3 is 5.85 Å². The summed E-state index contributed by atoms with van der Waals surface area (Å²) in [6.45, 7) is 1.95. The second kappa shape index (κ2) is 3.65. The maximum atomic E-state index is 14.1. The number of fused-ring (bicyclic) bond motifs is 1. The van der Waals surface area contributed by atoms with Crippen LogP contribution in [0.5, 0.6) is 5.75 Å². The molecule has 15 heavy (non-hydrogen) atoms. The first-order valence-electron chi connectivity index (χ1n) is 5.19. The Kier molecular flexibility index (Phi) is 2.47. The SMILES string of the molecule is CCCCC1(F)Oc2ccccc2C1=O. The molecule has 0 radical (unpaired) electrons. The van der Waals surface area contributed by atoms with Gasteiger partial charge in [0, 0.05) is 6.42 Å². The maximum absolute atomic E-state index is 14.1. The number of para-hydroxylation sites is 1. The van der Waals surface area contributed by atoms with E-state index < -0.39 is 11.6 Å². The van der Waals surface area contributed by atoms with Crippen molar-refractivity contribution in [2.45, 2.75) is 32.0 Å². The van der Waals surface area contributed by atoms with Gasteiger partial charge in [-0.15, -0.1) is 0 Å². The van der Waals surface area contributed by atoms with Gasteiger partial charge in [-0.05, 0) is 18.6 Å². The van der Waals surface area contributed by atoms with Gasteiger partial charge in [-0.25, -0.2) is 0 Å². The first kappa shape index (κ1) is 10.1. The summed E-state index contributed by atoms with van der Waals surface area (Å²) >= 11 is 0. The van der Waals surface area contributed by atoms with Crippen molar-refractivity contribution < 1.29 is 13.9 Å². The van der Waals surface area contributed by atoms with Crippen LogP contribution >= 0.6 is 0 Å². The normalized spacial score (nSPS) is 23.7. The van der Waals surface area contributed by atoms with Crippen LogP contribution in [0.1, 0.15) is 36.5 Å². The van der Waals surface area contributed by atoms with Gasteiger partial charge in [-0.1, -0.05) is 25.5 Å². The summed E-state index contributed by atoms with van der Waals surface area (Å²) in [6.07, 6.45) is 1.63. The number of rotatable bonds is 3. The van der Waals surface area contributed by atoms with Crippen molar-refractivity contribution in [1.82, 2.24) is 0 Å². The van der Waals surface area contributed by atoms with E-state index >= 15 is 0 Å². The molecule has 0 fully saturated rings. The first-order valence-corrected chi connectivity index (χ1v) is 5.19. The summed E-state index contributed by atoms with van der Waals surface area (Å²) < 4.78 is 19.2. The number of carbonyl (C=O) groups is 1. The Morgan fingerprint density at radius 3 is 2.80 bits per heavy atom. The van der Waals surface area contributed by atoms with Crippen molar-refractivity contribution in [2.75, 3.05) is 0 Å². The van der Waals surface area contributed by atoms with Crippen LogP contribution in [-0.2, 0) is 0 Å². The highest BCUT2D eigenvalue weighted by Crippen LogP contribution is 2.38. The van der Waals surface area contributed by atoms with E-state index in [1.54, 1.807) is 24.3 Å². The van der Waals surface area contributed by atoms with E-state index in [1.807, 2.05) is 6.92 Å². The van der Waals surface area contributed by atoms with Crippen molar-refractivity contribution in [3.63, 3.8) is 0 Å². The predicted octanol–water partition coefficient (Wildman–Crippen LogP) is 3.12. The van der Waals surface area contributed by atoms with Crippen LogP contribution in [0.3, 0.4) is 0 Å². The Bertz CT molecular complexity index is 389. The lowest BCUT2D eigenvalue weighted by Gasteiger charge is -2.16. The van der Waals surface area contributed by atoms with Crippen LogP contribution in [0, 0.1) is 0 Å². The fourth-order valence-corrected chi connectivity index (χ4v) is 1.73. The second-order valence-electron chi connectivity index (χ2n) is 3.76. The van der Waals surface area contributed by atoms with Crippen LogP contribution < -0.4 is 4.74 Å². The molecule has 0 aromatic heterocycles. The maximum Gasteiger partial charge on any atom is 0.311 e. The summed E-state index contributed by atoms with van der Waals surface area (Å²) in [5.74, 6) is -2.30. The number of benzene rings is 1. The highest BCUT2D eigenvalue weighted by molar-refractivity contribution is 6.06. The van der Waals surface area contributed by atoms with Crippen molar-refractivity contribution >= 4 is 5.78 Å². The minimum atomic E-state index is -2.13. The van der Waals surface area contributed by atoms with Gasteiger partial charge in [0.1, 0.15) is 5.75 Å². The lowest BCUT2D eigenvalue weighted by molar-refractivity contribution is -0.0295. The van der Waals surface area contributed by atoms with Gasteiger partial charge in [0.05, 0.1) is 5.56 Å². The Balaban J connectivity index is 2.26. The third kappa shape index (κ3) is 1.62. The standard InChI is InChI=1S/C12H13FO2/c1-2-3-8-12(13)11(14)9-6-4-5-7-10(9)15-12/h4-7H,2-3,8H2,1H3. The van der Waals surface area contributed by atoms with E-state index in [9.17, 15) is 9.18 Å². The van der Waals surface area contributed by atoms with Gasteiger partial charge in [0.15, 0.2) is 0 Å². The molecule has 0 saturated carbocycles. The fourth-order valence-electron chi connectivity index (χ4n) is 1.73. The van der Waals surface area contributed by atoms with E-state index in [0.717, 1.165) is 6.42 Å². The van der Waals surface area contributed by atoms with Crippen molar-refractivity contribution in [2.24, 2.45) is 0 Å². The molecule has 1 aliphatic heterocycles. The lowest BCUT2D eigenvalue weighted by atomic mass is 10.0. The molecule has 1 heterocycles. The van der Waals surface area contributed by atoms with Crippen LogP contribution in [-0.4, -0.2) is 11.6 Å². The highest BCUT2D eigenvalue weighted by atomic mass is 19.2. The first-order chi connectivity index (χ1) is 7.17. The Morgan fingerprint density at radius 2 is 2.13 bits per heavy atom. The second-order valence-corrected chi connectivity index (χ2v) is 3.76. The zero-order chi connectivity index (χ0) is 10.9. The molecule has 1 aromatic rings. The number of ketones is 1. The number of unbranched alkanes of at least 4 members (excludes halogenated alkanes) is 1.